The number of nitrogen functional groups attached to an aromatic ring is 1. The third-order valence-electron chi connectivity index (χ3n) is 3.84. The first-order valence-electron chi connectivity index (χ1n) is 6.29. The molecule has 0 aliphatic carbocycles. The van der Waals surface area contributed by atoms with Gasteiger partial charge in [0.1, 0.15) is 5.75 Å². The van der Waals surface area contributed by atoms with Crippen molar-refractivity contribution in [1.29, 1.82) is 0 Å². The molecule has 19 heavy (non-hydrogen) atoms. The zero-order chi connectivity index (χ0) is 13.0. The van der Waals surface area contributed by atoms with Gasteiger partial charge in [0.25, 0.3) is 0 Å². The molecule has 0 radical (unpaired) electrons. The Morgan fingerprint density at radius 3 is 2.26 bits per heavy atom. The number of methoxy groups -OCH3 is 1. The monoisotopic (exact) mass is 247 g/mol. The van der Waals surface area contributed by atoms with Crippen LogP contribution in [-0.4, -0.2) is 7.11 Å². The van der Waals surface area contributed by atoms with Crippen LogP contribution in [0.1, 0.15) is 0 Å². The fraction of sp³-hybridized carbons (Fsp3) is 0.0588. The number of hydrogen-bond acceptors (Lipinski definition) is 2. The average Bonchev–Trinajstić information content (AvgIpc) is 2.46. The van der Waals surface area contributed by atoms with Crippen molar-refractivity contribution in [2.45, 2.75) is 0 Å². The molecule has 2 N–H and O–H groups in total. The highest BCUT2D eigenvalue weighted by atomic mass is 16.5. The summed E-state index contributed by atoms with van der Waals surface area (Å²) in [4.78, 5) is 0. The van der Waals surface area contributed by atoms with Gasteiger partial charge in [0.05, 0.1) is 7.11 Å². The molecule has 0 unspecified atom stereocenters. The lowest BCUT2D eigenvalue weighted by atomic mass is 9.93. The molecule has 2 nitrogen and oxygen atoms in total. The summed E-state index contributed by atoms with van der Waals surface area (Å²) >= 11 is 0. The number of hydrogen-bond donors (Lipinski definition) is 1. The van der Waals surface area contributed by atoms with Gasteiger partial charge in [0.15, 0.2) is 0 Å². The molecular formula is C17H13NO. The highest BCUT2D eigenvalue weighted by Crippen LogP contribution is 2.41. The lowest BCUT2D eigenvalue weighted by Crippen LogP contribution is -1.94. The molecule has 0 atom stereocenters. The summed E-state index contributed by atoms with van der Waals surface area (Å²) in [5.41, 5.74) is 6.93. The van der Waals surface area contributed by atoms with Gasteiger partial charge in [0.2, 0.25) is 0 Å². The molecule has 0 amide bonds. The van der Waals surface area contributed by atoms with Gasteiger partial charge >= 0.3 is 0 Å². The van der Waals surface area contributed by atoms with Crippen molar-refractivity contribution in [3.05, 3.63) is 48.5 Å². The molecule has 4 aromatic rings. The van der Waals surface area contributed by atoms with E-state index in [0.29, 0.717) is 0 Å². The van der Waals surface area contributed by atoms with Gasteiger partial charge < -0.3 is 10.5 Å². The van der Waals surface area contributed by atoms with Gasteiger partial charge in [-0.2, -0.15) is 0 Å². The van der Waals surface area contributed by atoms with Crippen molar-refractivity contribution < 1.29 is 4.74 Å². The van der Waals surface area contributed by atoms with Crippen molar-refractivity contribution in [3.8, 4) is 5.75 Å². The minimum Gasteiger partial charge on any atom is -0.496 e. The first-order chi connectivity index (χ1) is 9.29. The number of benzene rings is 4. The molecule has 0 aliphatic rings. The predicted molar refractivity (Wildman–Crippen MR) is 81.1 cm³/mol. The number of rotatable bonds is 1. The highest BCUT2D eigenvalue weighted by molar-refractivity contribution is 6.26. The van der Waals surface area contributed by atoms with Gasteiger partial charge in [-0.15, -0.1) is 0 Å². The van der Waals surface area contributed by atoms with Gasteiger partial charge in [-0.25, -0.2) is 0 Å². The molecule has 0 bridgehead atoms. The predicted octanol–water partition coefficient (Wildman–Crippen LogP) is 4.17. The van der Waals surface area contributed by atoms with E-state index in [9.17, 15) is 0 Å². The van der Waals surface area contributed by atoms with E-state index in [-0.39, 0.29) is 0 Å². The Hall–Kier alpha value is -2.48. The number of ether oxygens (including phenoxy) is 1. The molecule has 0 saturated heterocycles. The summed E-state index contributed by atoms with van der Waals surface area (Å²) in [6.07, 6.45) is 0. The van der Waals surface area contributed by atoms with Gasteiger partial charge in [0, 0.05) is 16.5 Å². The molecular weight excluding hydrogens is 234 g/mol. The minimum absolute atomic E-state index is 0.766. The van der Waals surface area contributed by atoms with E-state index in [1.54, 1.807) is 7.11 Å². The van der Waals surface area contributed by atoms with Gasteiger partial charge in [-0.1, -0.05) is 36.4 Å². The Labute approximate surface area is 110 Å². The molecule has 0 spiro atoms. The quantitative estimate of drug-likeness (QED) is 0.404. The summed E-state index contributed by atoms with van der Waals surface area (Å²) in [5, 5.41) is 7.12. The van der Waals surface area contributed by atoms with Crippen molar-refractivity contribution in [2.24, 2.45) is 0 Å². The van der Waals surface area contributed by atoms with E-state index < -0.39 is 0 Å². The molecule has 0 aromatic heterocycles. The van der Waals surface area contributed by atoms with E-state index in [1.807, 2.05) is 6.07 Å². The zero-order valence-electron chi connectivity index (χ0n) is 10.6. The van der Waals surface area contributed by atoms with E-state index in [1.165, 1.54) is 26.9 Å². The topological polar surface area (TPSA) is 35.2 Å². The molecule has 0 fully saturated rings. The molecule has 4 rings (SSSR count). The second kappa shape index (κ2) is 3.51. The van der Waals surface area contributed by atoms with E-state index >= 15 is 0 Å². The van der Waals surface area contributed by atoms with Crippen LogP contribution >= 0.6 is 0 Å². The summed E-state index contributed by atoms with van der Waals surface area (Å²) < 4.78 is 5.53. The molecule has 2 heteroatoms. The average molecular weight is 247 g/mol. The van der Waals surface area contributed by atoms with Crippen LogP contribution < -0.4 is 10.5 Å². The highest BCUT2D eigenvalue weighted by Gasteiger charge is 2.13. The molecule has 0 saturated carbocycles. The van der Waals surface area contributed by atoms with Crippen LogP contribution in [0.2, 0.25) is 0 Å². The van der Waals surface area contributed by atoms with Crippen LogP contribution in [0.25, 0.3) is 32.3 Å². The largest absolute Gasteiger partial charge is 0.496 e. The SMILES string of the molecule is COc1cc2cccc3ccc4ccc(N)c1c4c32. The van der Waals surface area contributed by atoms with Crippen LogP contribution in [0.5, 0.6) is 5.75 Å². The van der Waals surface area contributed by atoms with Crippen LogP contribution in [0, 0.1) is 0 Å². The summed E-state index contributed by atoms with van der Waals surface area (Å²) in [6.45, 7) is 0. The van der Waals surface area contributed by atoms with Gasteiger partial charge in [-0.05, 0) is 33.7 Å². The van der Waals surface area contributed by atoms with E-state index in [2.05, 4.69) is 42.5 Å². The maximum absolute atomic E-state index is 6.16. The van der Waals surface area contributed by atoms with Crippen molar-refractivity contribution >= 4 is 38.0 Å². The van der Waals surface area contributed by atoms with Crippen molar-refractivity contribution in [3.63, 3.8) is 0 Å². The van der Waals surface area contributed by atoms with Crippen molar-refractivity contribution in [1.82, 2.24) is 0 Å². The number of nitrogens with two attached hydrogens (primary N) is 1. The molecule has 92 valence electrons. The van der Waals surface area contributed by atoms with E-state index in [0.717, 1.165) is 16.8 Å². The zero-order valence-corrected chi connectivity index (χ0v) is 10.6. The maximum Gasteiger partial charge on any atom is 0.129 e. The van der Waals surface area contributed by atoms with Crippen LogP contribution in [0.3, 0.4) is 0 Å². The molecule has 0 heterocycles. The lowest BCUT2D eigenvalue weighted by molar-refractivity contribution is 0.420. The smallest absolute Gasteiger partial charge is 0.129 e. The van der Waals surface area contributed by atoms with Crippen LogP contribution in [0.4, 0.5) is 5.69 Å². The van der Waals surface area contributed by atoms with Crippen LogP contribution in [-0.2, 0) is 0 Å². The standard InChI is InChI=1S/C17H13NO/c1-19-14-9-12-4-2-3-10-5-6-11-7-8-13(18)17(14)16(11)15(10)12/h2-9H,18H2,1H3. The summed E-state index contributed by atoms with van der Waals surface area (Å²) in [6, 6.07) is 16.7. The third kappa shape index (κ3) is 1.26. The summed E-state index contributed by atoms with van der Waals surface area (Å²) in [7, 11) is 1.69. The Bertz CT molecular complexity index is 911. The second-order valence-corrected chi connectivity index (χ2v) is 4.85. The Morgan fingerprint density at radius 1 is 0.789 bits per heavy atom. The Kier molecular flexibility index (Phi) is 1.93. The van der Waals surface area contributed by atoms with E-state index in [4.69, 9.17) is 10.5 Å². The maximum atomic E-state index is 6.16. The fourth-order valence-corrected chi connectivity index (χ4v) is 3.00. The lowest BCUT2D eigenvalue weighted by Gasteiger charge is -2.15. The minimum atomic E-state index is 0.766. The first kappa shape index (κ1) is 10.4. The first-order valence-corrected chi connectivity index (χ1v) is 6.29. The Balaban J connectivity index is 2.44. The normalized spacial score (nSPS) is 11.6. The number of anilines is 1. The fourth-order valence-electron chi connectivity index (χ4n) is 3.00. The van der Waals surface area contributed by atoms with Gasteiger partial charge in [-0.3, -0.25) is 0 Å². The third-order valence-corrected chi connectivity index (χ3v) is 3.84. The Morgan fingerprint density at radius 2 is 1.47 bits per heavy atom. The van der Waals surface area contributed by atoms with Crippen molar-refractivity contribution in [2.75, 3.05) is 12.8 Å². The molecule has 4 aromatic carbocycles. The second-order valence-electron chi connectivity index (χ2n) is 4.85. The summed E-state index contributed by atoms with van der Waals surface area (Å²) in [5.74, 6) is 0.842. The van der Waals surface area contributed by atoms with Crippen LogP contribution in [0.15, 0.2) is 48.5 Å². The molecule has 0 aliphatic heterocycles.